The smallest absolute Gasteiger partial charge is 0.327 e. The van der Waals surface area contributed by atoms with Crippen LogP contribution in [0.5, 0.6) is 0 Å². The zero-order chi connectivity index (χ0) is 10.3. The molecule has 0 radical (unpaired) electrons. The van der Waals surface area contributed by atoms with Gasteiger partial charge in [0.1, 0.15) is 0 Å². The summed E-state index contributed by atoms with van der Waals surface area (Å²) in [4.78, 5) is 27.9. The largest absolute Gasteiger partial charge is 0.355 e. The zero-order valence-corrected chi connectivity index (χ0v) is 8.59. The Hall–Kier alpha value is -0.380. The van der Waals surface area contributed by atoms with Crippen LogP contribution in [0.25, 0.3) is 0 Å². The van der Waals surface area contributed by atoms with E-state index >= 15 is 0 Å². The second-order valence-corrected chi connectivity index (χ2v) is 4.62. The maximum atomic E-state index is 10.9. The molecule has 0 fully saturated rings. The van der Waals surface area contributed by atoms with Gasteiger partial charge in [-0.05, 0) is 6.42 Å². The molecule has 0 aliphatic carbocycles. The molecule has 6 heteroatoms. The first-order valence-corrected chi connectivity index (χ1v) is 6.06. The Bertz CT molecular complexity index is 201. The molecule has 0 aliphatic rings. The second-order valence-electron chi connectivity index (χ2n) is 2.84. The van der Waals surface area contributed by atoms with Crippen molar-refractivity contribution in [3.8, 4) is 0 Å². The van der Waals surface area contributed by atoms with E-state index in [1.165, 1.54) is 0 Å². The summed E-state index contributed by atoms with van der Waals surface area (Å²) in [5, 5.41) is 2.44. The molecule has 1 amide bonds. The summed E-state index contributed by atoms with van der Waals surface area (Å²) < 4.78 is 10.4. The molecule has 0 atom stereocenters. The van der Waals surface area contributed by atoms with Crippen molar-refractivity contribution in [3.05, 3.63) is 0 Å². The lowest BCUT2D eigenvalue weighted by Crippen LogP contribution is -2.26. The number of hydrogen-bond acceptors (Lipinski definition) is 2. The summed E-state index contributed by atoms with van der Waals surface area (Å²) in [7, 11) is -3.96. The number of unbranched alkanes of at least 4 members (excludes halogenated alkanes) is 1. The fraction of sp³-hybridized carbons (Fsp3) is 0.857. The molecular formula is C7H16NO4P. The van der Waals surface area contributed by atoms with E-state index in [0.29, 0.717) is 6.42 Å². The van der Waals surface area contributed by atoms with Gasteiger partial charge in [0, 0.05) is 13.0 Å². The van der Waals surface area contributed by atoms with Crippen LogP contribution in [0.15, 0.2) is 0 Å². The van der Waals surface area contributed by atoms with Gasteiger partial charge in [0.15, 0.2) is 0 Å². The Kier molecular flexibility index (Phi) is 5.95. The van der Waals surface area contributed by atoms with Gasteiger partial charge in [-0.25, -0.2) is 0 Å². The van der Waals surface area contributed by atoms with E-state index in [2.05, 4.69) is 5.32 Å². The van der Waals surface area contributed by atoms with Crippen LogP contribution in [0.3, 0.4) is 0 Å². The normalized spacial score (nSPS) is 11.3. The molecule has 0 spiro atoms. The molecule has 0 heterocycles. The van der Waals surface area contributed by atoms with E-state index in [-0.39, 0.29) is 18.6 Å². The SMILES string of the molecule is CCCCC(=O)NCCP(=O)(O)O. The van der Waals surface area contributed by atoms with Crippen molar-refractivity contribution in [1.29, 1.82) is 0 Å². The van der Waals surface area contributed by atoms with Gasteiger partial charge in [-0.15, -0.1) is 0 Å². The Labute approximate surface area is 77.7 Å². The van der Waals surface area contributed by atoms with E-state index in [9.17, 15) is 9.36 Å². The molecule has 3 N–H and O–H groups in total. The first-order chi connectivity index (χ1) is 5.95. The fourth-order valence-corrected chi connectivity index (χ4v) is 1.17. The average molecular weight is 209 g/mol. The van der Waals surface area contributed by atoms with E-state index in [0.717, 1.165) is 12.8 Å². The third-order valence-electron chi connectivity index (χ3n) is 1.48. The average Bonchev–Trinajstić information content (AvgIpc) is 1.98. The second kappa shape index (κ2) is 6.13. The maximum Gasteiger partial charge on any atom is 0.327 e. The molecule has 0 aromatic rings. The molecule has 0 saturated carbocycles. The van der Waals surface area contributed by atoms with Crippen LogP contribution in [0.4, 0.5) is 0 Å². The van der Waals surface area contributed by atoms with Crippen molar-refractivity contribution in [1.82, 2.24) is 5.32 Å². The van der Waals surface area contributed by atoms with Crippen molar-refractivity contribution >= 4 is 13.5 Å². The van der Waals surface area contributed by atoms with E-state index in [4.69, 9.17) is 9.79 Å². The molecule has 13 heavy (non-hydrogen) atoms. The summed E-state index contributed by atoms with van der Waals surface area (Å²) >= 11 is 0. The van der Waals surface area contributed by atoms with E-state index < -0.39 is 7.60 Å². The Morgan fingerprint density at radius 3 is 2.54 bits per heavy atom. The molecule has 78 valence electrons. The molecule has 0 rings (SSSR count). The lowest BCUT2D eigenvalue weighted by Gasteiger charge is -2.05. The lowest BCUT2D eigenvalue weighted by molar-refractivity contribution is -0.121. The van der Waals surface area contributed by atoms with Crippen LogP contribution in [0.2, 0.25) is 0 Å². The quantitative estimate of drug-likeness (QED) is 0.555. The van der Waals surface area contributed by atoms with Crippen molar-refractivity contribution in [2.24, 2.45) is 0 Å². The zero-order valence-electron chi connectivity index (χ0n) is 7.69. The predicted octanol–water partition coefficient (Wildman–Crippen LogP) is 0.470. The number of nitrogens with one attached hydrogen (secondary N) is 1. The molecule has 0 unspecified atom stereocenters. The van der Waals surface area contributed by atoms with E-state index in [1.54, 1.807) is 0 Å². The van der Waals surface area contributed by atoms with Crippen LogP contribution in [-0.2, 0) is 9.36 Å². The van der Waals surface area contributed by atoms with Crippen LogP contribution in [-0.4, -0.2) is 28.4 Å². The van der Waals surface area contributed by atoms with Gasteiger partial charge in [0.05, 0.1) is 6.16 Å². The standard InChI is InChI=1S/C7H16NO4P/c1-2-3-4-7(9)8-5-6-13(10,11)12/h2-6H2,1H3,(H,8,9)(H2,10,11,12). The molecule has 0 aromatic carbocycles. The topological polar surface area (TPSA) is 86.6 Å². The number of rotatable bonds is 6. The number of amides is 1. The Balaban J connectivity index is 3.43. The van der Waals surface area contributed by atoms with E-state index in [1.807, 2.05) is 6.92 Å². The van der Waals surface area contributed by atoms with Crippen molar-refractivity contribution in [3.63, 3.8) is 0 Å². The lowest BCUT2D eigenvalue weighted by atomic mass is 10.2. The monoisotopic (exact) mass is 209 g/mol. The fourth-order valence-electron chi connectivity index (χ4n) is 0.767. The maximum absolute atomic E-state index is 10.9. The summed E-state index contributed by atoms with van der Waals surface area (Å²) in [6.07, 6.45) is 1.89. The van der Waals surface area contributed by atoms with Crippen LogP contribution in [0.1, 0.15) is 26.2 Å². The van der Waals surface area contributed by atoms with Crippen LogP contribution >= 0.6 is 7.60 Å². The molecule has 5 nitrogen and oxygen atoms in total. The van der Waals surface area contributed by atoms with Gasteiger partial charge in [-0.3, -0.25) is 9.36 Å². The third-order valence-corrected chi connectivity index (χ3v) is 2.29. The van der Waals surface area contributed by atoms with Crippen molar-refractivity contribution in [2.45, 2.75) is 26.2 Å². The molecule has 0 saturated heterocycles. The third kappa shape index (κ3) is 9.53. The van der Waals surface area contributed by atoms with Crippen LogP contribution < -0.4 is 5.32 Å². The highest BCUT2D eigenvalue weighted by Crippen LogP contribution is 2.32. The summed E-state index contributed by atoms with van der Waals surface area (Å²) in [6.45, 7) is 2.02. The molecule has 0 bridgehead atoms. The van der Waals surface area contributed by atoms with Gasteiger partial charge in [0.25, 0.3) is 0 Å². The predicted molar refractivity (Wildman–Crippen MR) is 49.4 cm³/mol. The van der Waals surface area contributed by atoms with Crippen LogP contribution in [0, 0.1) is 0 Å². The minimum Gasteiger partial charge on any atom is -0.355 e. The highest BCUT2D eigenvalue weighted by atomic mass is 31.2. The Morgan fingerprint density at radius 1 is 1.46 bits per heavy atom. The van der Waals surface area contributed by atoms with Gasteiger partial charge < -0.3 is 15.1 Å². The number of hydrogen-bond donors (Lipinski definition) is 3. The number of carbonyl (C=O) groups excluding carboxylic acids is 1. The Morgan fingerprint density at radius 2 is 2.08 bits per heavy atom. The summed E-state index contributed by atoms with van der Waals surface area (Å²) in [5.41, 5.74) is 0. The first kappa shape index (κ1) is 12.6. The highest BCUT2D eigenvalue weighted by molar-refractivity contribution is 7.51. The first-order valence-electron chi connectivity index (χ1n) is 4.27. The number of carbonyl (C=O) groups is 1. The molecular weight excluding hydrogens is 193 g/mol. The summed E-state index contributed by atoms with van der Waals surface area (Å²) in [5.74, 6) is -0.143. The highest BCUT2D eigenvalue weighted by Gasteiger charge is 2.12. The summed E-state index contributed by atoms with van der Waals surface area (Å²) in [6, 6.07) is 0. The van der Waals surface area contributed by atoms with Crippen molar-refractivity contribution in [2.75, 3.05) is 12.7 Å². The van der Waals surface area contributed by atoms with Gasteiger partial charge in [-0.1, -0.05) is 13.3 Å². The van der Waals surface area contributed by atoms with Gasteiger partial charge in [-0.2, -0.15) is 0 Å². The molecule has 0 aromatic heterocycles. The minimum absolute atomic E-state index is 0.0484. The molecule has 0 aliphatic heterocycles. The van der Waals surface area contributed by atoms with Crippen molar-refractivity contribution < 1.29 is 19.1 Å². The minimum atomic E-state index is -3.96. The van der Waals surface area contributed by atoms with Gasteiger partial charge >= 0.3 is 7.60 Å². The van der Waals surface area contributed by atoms with Gasteiger partial charge in [0.2, 0.25) is 5.91 Å².